The summed E-state index contributed by atoms with van der Waals surface area (Å²) in [6, 6.07) is 0. The normalized spacial score (nSPS) is 22.4. The number of ketones is 1. The first kappa shape index (κ1) is 15.0. The van der Waals surface area contributed by atoms with Gasteiger partial charge in [-0.05, 0) is 46.0 Å². The van der Waals surface area contributed by atoms with E-state index in [-0.39, 0.29) is 23.4 Å². The summed E-state index contributed by atoms with van der Waals surface area (Å²) >= 11 is 0. The molecule has 0 aliphatic heterocycles. The zero-order valence-electron chi connectivity index (χ0n) is 12.5. The molecule has 2 saturated carbocycles. The lowest BCUT2D eigenvalue weighted by molar-refractivity contribution is -0.203. The van der Waals surface area contributed by atoms with Crippen molar-refractivity contribution in [1.82, 2.24) is 0 Å². The predicted molar refractivity (Wildman–Crippen MR) is 70.8 cm³/mol. The van der Waals surface area contributed by atoms with Gasteiger partial charge in [0.15, 0.2) is 5.41 Å². The second-order valence-corrected chi connectivity index (χ2v) is 6.74. The third kappa shape index (κ3) is 2.45. The number of ether oxygens (including phenoxy) is 2. The van der Waals surface area contributed by atoms with Gasteiger partial charge in [0.2, 0.25) is 0 Å². The number of esters is 2. The molecule has 0 unspecified atom stereocenters. The smallest absolute Gasteiger partial charge is 0.323 e. The first-order valence-corrected chi connectivity index (χ1v) is 7.13. The van der Waals surface area contributed by atoms with Crippen molar-refractivity contribution < 1.29 is 23.9 Å². The molecule has 20 heavy (non-hydrogen) atoms. The van der Waals surface area contributed by atoms with Crippen LogP contribution in [0, 0.1) is 10.8 Å². The van der Waals surface area contributed by atoms with Crippen LogP contribution in [-0.2, 0) is 23.9 Å². The maximum absolute atomic E-state index is 12.3. The molecule has 0 amide bonds. The van der Waals surface area contributed by atoms with Crippen molar-refractivity contribution >= 4 is 17.7 Å². The van der Waals surface area contributed by atoms with E-state index in [4.69, 9.17) is 9.47 Å². The van der Waals surface area contributed by atoms with Gasteiger partial charge in [-0.25, -0.2) is 0 Å². The maximum atomic E-state index is 12.3. The minimum Gasteiger partial charge on any atom is -0.462 e. The molecule has 112 valence electrons. The Morgan fingerprint density at radius 2 is 1.35 bits per heavy atom. The minimum absolute atomic E-state index is 0.164. The molecule has 0 atom stereocenters. The molecule has 0 aromatic rings. The monoisotopic (exact) mass is 282 g/mol. The van der Waals surface area contributed by atoms with E-state index in [1.54, 1.807) is 27.7 Å². The SMILES string of the molecule is CC(C)OC(=O)C1(C(=O)OC(C)C)CC2(CC(=O)C2)C1. The van der Waals surface area contributed by atoms with Gasteiger partial charge in [0.05, 0.1) is 12.2 Å². The Hall–Kier alpha value is -1.39. The fourth-order valence-corrected chi connectivity index (χ4v) is 3.29. The first-order chi connectivity index (χ1) is 9.19. The van der Waals surface area contributed by atoms with Crippen LogP contribution in [0.4, 0.5) is 0 Å². The number of Topliss-reactive ketones (excluding diaryl/α,β-unsaturated/α-hetero) is 1. The first-order valence-electron chi connectivity index (χ1n) is 7.13. The van der Waals surface area contributed by atoms with Crippen LogP contribution in [0.3, 0.4) is 0 Å². The summed E-state index contributed by atoms with van der Waals surface area (Å²) in [5.41, 5.74) is -1.36. The quantitative estimate of drug-likeness (QED) is 0.583. The van der Waals surface area contributed by atoms with E-state index in [0.717, 1.165) is 0 Å². The van der Waals surface area contributed by atoms with Gasteiger partial charge >= 0.3 is 11.9 Å². The van der Waals surface area contributed by atoms with Crippen molar-refractivity contribution in [2.45, 2.75) is 65.6 Å². The molecule has 0 N–H and O–H groups in total. The Kier molecular flexibility index (Phi) is 3.65. The van der Waals surface area contributed by atoms with Gasteiger partial charge in [0.1, 0.15) is 5.78 Å². The van der Waals surface area contributed by atoms with Gasteiger partial charge in [-0.1, -0.05) is 0 Å². The third-order valence-corrected chi connectivity index (χ3v) is 3.96. The molecule has 5 nitrogen and oxygen atoms in total. The second kappa shape index (κ2) is 4.86. The molecule has 0 radical (unpaired) electrons. The van der Waals surface area contributed by atoms with Gasteiger partial charge in [-0.2, -0.15) is 0 Å². The van der Waals surface area contributed by atoms with Crippen molar-refractivity contribution in [2.75, 3.05) is 0 Å². The van der Waals surface area contributed by atoms with E-state index >= 15 is 0 Å². The fraction of sp³-hybridized carbons (Fsp3) is 0.800. The number of carbonyl (C=O) groups is 3. The highest BCUT2D eigenvalue weighted by molar-refractivity contribution is 6.03. The molecule has 2 rings (SSSR count). The van der Waals surface area contributed by atoms with E-state index in [2.05, 4.69) is 0 Å². The lowest BCUT2D eigenvalue weighted by Crippen LogP contribution is -2.61. The molecular weight excluding hydrogens is 260 g/mol. The standard InChI is InChI=1S/C15H22O5/c1-9(2)19-12(17)15(13(18)20-10(3)4)7-14(8-15)5-11(16)6-14/h9-10H,5-8H2,1-4H3. The van der Waals surface area contributed by atoms with E-state index in [1.807, 2.05) is 0 Å². The van der Waals surface area contributed by atoms with Crippen molar-refractivity contribution in [1.29, 1.82) is 0 Å². The molecule has 1 spiro atoms. The number of carbonyl (C=O) groups excluding carboxylic acids is 3. The highest BCUT2D eigenvalue weighted by atomic mass is 16.6. The molecule has 0 aromatic carbocycles. The lowest BCUT2D eigenvalue weighted by Gasteiger charge is -2.56. The van der Waals surface area contributed by atoms with Crippen LogP contribution in [0.15, 0.2) is 0 Å². The zero-order chi connectivity index (χ0) is 15.1. The number of rotatable bonds is 4. The second-order valence-electron chi connectivity index (χ2n) is 6.74. The van der Waals surface area contributed by atoms with Crippen LogP contribution >= 0.6 is 0 Å². The van der Waals surface area contributed by atoms with Crippen molar-refractivity contribution in [3.05, 3.63) is 0 Å². The molecule has 0 aromatic heterocycles. The van der Waals surface area contributed by atoms with Gasteiger partial charge in [-0.15, -0.1) is 0 Å². The summed E-state index contributed by atoms with van der Waals surface area (Å²) in [5.74, 6) is -0.820. The summed E-state index contributed by atoms with van der Waals surface area (Å²) in [7, 11) is 0. The number of hydrogen-bond acceptors (Lipinski definition) is 5. The van der Waals surface area contributed by atoms with Gasteiger partial charge in [0.25, 0.3) is 0 Å². The van der Waals surface area contributed by atoms with Crippen LogP contribution in [-0.4, -0.2) is 29.9 Å². The van der Waals surface area contributed by atoms with E-state index in [9.17, 15) is 14.4 Å². The Morgan fingerprint density at radius 1 is 0.950 bits per heavy atom. The summed E-state index contributed by atoms with van der Waals surface area (Å²) < 4.78 is 10.4. The minimum atomic E-state index is -1.20. The zero-order valence-corrected chi connectivity index (χ0v) is 12.5. The topological polar surface area (TPSA) is 69.7 Å². The van der Waals surface area contributed by atoms with Gasteiger partial charge in [-0.3, -0.25) is 14.4 Å². The van der Waals surface area contributed by atoms with Crippen LogP contribution in [0.2, 0.25) is 0 Å². The van der Waals surface area contributed by atoms with Crippen molar-refractivity contribution in [2.24, 2.45) is 10.8 Å². The fourth-order valence-electron chi connectivity index (χ4n) is 3.29. The van der Waals surface area contributed by atoms with Gasteiger partial charge in [0, 0.05) is 12.8 Å². The average Bonchev–Trinajstić information content (AvgIpc) is 2.18. The lowest BCUT2D eigenvalue weighted by atomic mass is 9.45. The average molecular weight is 282 g/mol. The highest BCUT2D eigenvalue weighted by Crippen LogP contribution is 2.64. The van der Waals surface area contributed by atoms with E-state index in [1.165, 1.54) is 0 Å². The van der Waals surface area contributed by atoms with Crippen molar-refractivity contribution in [3.63, 3.8) is 0 Å². The molecule has 0 saturated heterocycles. The van der Waals surface area contributed by atoms with Crippen LogP contribution in [0.1, 0.15) is 53.4 Å². The van der Waals surface area contributed by atoms with Crippen molar-refractivity contribution in [3.8, 4) is 0 Å². The molecule has 2 aliphatic carbocycles. The molecule has 2 fully saturated rings. The largest absolute Gasteiger partial charge is 0.462 e. The van der Waals surface area contributed by atoms with Crippen LogP contribution in [0.25, 0.3) is 0 Å². The molecule has 0 heterocycles. The number of hydrogen-bond donors (Lipinski definition) is 0. The summed E-state index contributed by atoms with van der Waals surface area (Å²) in [6.45, 7) is 7.00. The molecule has 2 aliphatic rings. The summed E-state index contributed by atoms with van der Waals surface area (Å²) in [5, 5.41) is 0. The Labute approximate surface area is 119 Å². The maximum Gasteiger partial charge on any atom is 0.323 e. The van der Waals surface area contributed by atoms with Gasteiger partial charge < -0.3 is 9.47 Å². The Balaban J connectivity index is 2.12. The Bertz CT molecular complexity index is 409. The van der Waals surface area contributed by atoms with E-state index in [0.29, 0.717) is 25.7 Å². The Morgan fingerprint density at radius 3 is 1.65 bits per heavy atom. The van der Waals surface area contributed by atoms with Crippen LogP contribution < -0.4 is 0 Å². The van der Waals surface area contributed by atoms with Crippen LogP contribution in [0.5, 0.6) is 0 Å². The van der Waals surface area contributed by atoms with E-state index < -0.39 is 17.4 Å². The predicted octanol–water partition coefficient (Wildman–Crippen LogP) is 2.02. The third-order valence-electron chi connectivity index (χ3n) is 3.96. The highest BCUT2D eigenvalue weighted by Gasteiger charge is 2.68. The summed E-state index contributed by atoms with van der Waals surface area (Å²) in [4.78, 5) is 35.7. The molecular formula is C15H22O5. The summed E-state index contributed by atoms with van der Waals surface area (Å²) in [6.07, 6.45) is 1.15. The molecule has 0 bridgehead atoms. The molecule has 5 heteroatoms.